The van der Waals surface area contributed by atoms with Gasteiger partial charge in [-0.05, 0) is 42.8 Å². The van der Waals surface area contributed by atoms with Crippen molar-refractivity contribution < 1.29 is 28.8 Å². The molecule has 2 aromatic carbocycles. The molecule has 1 N–H and O–H groups in total. The molecule has 0 fully saturated rings. The van der Waals surface area contributed by atoms with Gasteiger partial charge in [0.25, 0.3) is 0 Å². The van der Waals surface area contributed by atoms with Gasteiger partial charge in [-0.15, -0.1) is 0 Å². The summed E-state index contributed by atoms with van der Waals surface area (Å²) in [6.45, 7) is 2.41. The minimum Gasteiger partial charge on any atom is -0.497 e. The first-order valence-electron chi connectivity index (χ1n) is 9.07. The van der Waals surface area contributed by atoms with Crippen molar-refractivity contribution in [3.63, 3.8) is 0 Å². The molecule has 6 nitrogen and oxygen atoms in total. The van der Waals surface area contributed by atoms with Gasteiger partial charge in [0.15, 0.2) is 0 Å². The molecule has 0 aliphatic rings. The summed E-state index contributed by atoms with van der Waals surface area (Å²) in [6, 6.07) is 16.6. The average Bonchev–Trinajstić information content (AvgIpc) is 2.72. The highest BCUT2D eigenvalue weighted by atomic mass is 16.5. The summed E-state index contributed by atoms with van der Waals surface area (Å²) < 4.78 is 21.4. The molecule has 2 atom stereocenters. The molecule has 6 heteroatoms. The number of aliphatic hydroxyl groups excluding tert-OH is 1. The summed E-state index contributed by atoms with van der Waals surface area (Å²) in [7, 11) is 1.58. The molecule has 2 aromatic rings. The fraction of sp³-hybridized carbons (Fsp3) is 0.318. The van der Waals surface area contributed by atoms with Crippen LogP contribution in [-0.4, -0.2) is 43.6 Å². The number of benzene rings is 2. The fourth-order valence-corrected chi connectivity index (χ4v) is 2.39. The molecule has 0 saturated carbocycles. The van der Waals surface area contributed by atoms with Crippen molar-refractivity contribution in [2.45, 2.75) is 25.7 Å². The number of aliphatic hydroxyl groups is 1. The van der Waals surface area contributed by atoms with Gasteiger partial charge in [0, 0.05) is 6.08 Å². The first-order valence-corrected chi connectivity index (χ1v) is 9.07. The van der Waals surface area contributed by atoms with E-state index in [0.29, 0.717) is 18.1 Å². The summed E-state index contributed by atoms with van der Waals surface area (Å²) in [5.41, 5.74) is 1.00. The van der Waals surface area contributed by atoms with Crippen molar-refractivity contribution in [2.75, 3.05) is 20.3 Å². The number of carbonyl (C=O) groups excluding carboxylic acids is 1. The summed E-state index contributed by atoms with van der Waals surface area (Å²) >= 11 is 0. The van der Waals surface area contributed by atoms with Crippen LogP contribution in [0.3, 0.4) is 0 Å². The molecule has 0 saturated heterocycles. The summed E-state index contributed by atoms with van der Waals surface area (Å²) in [5.74, 6) is 0.724. The summed E-state index contributed by atoms with van der Waals surface area (Å²) in [4.78, 5) is 11.6. The quantitative estimate of drug-likeness (QED) is 0.472. The van der Waals surface area contributed by atoms with Gasteiger partial charge < -0.3 is 24.1 Å². The van der Waals surface area contributed by atoms with Crippen LogP contribution in [0.25, 0.3) is 0 Å². The predicted octanol–water partition coefficient (Wildman–Crippen LogP) is 3.14. The van der Waals surface area contributed by atoms with E-state index < -0.39 is 18.2 Å². The minimum absolute atomic E-state index is 0.0445. The van der Waals surface area contributed by atoms with E-state index in [9.17, 15) is 9.90 Å². The van der Waals surface area contributed by atoms with E-state index in [2.05, 4.69) is 0 Å². The smallest absolute Gasteiger partial charge is 0.330 e. The van der Waals surface area contributed by atoms with Gasteiger partial charge in [-0.2, -0.15) is 0 Å². The normalized spacial score (nSPS) is 13.1. The molecule has 0 radical (unpaired) electrons. The van der Waals surface area contributed by atoms with Crippen LogP contribution >= 0.6 is 0 Å². The van der Waals surface area contributed by atoms with E-state index in [1.165, 1.54) is 12.2 Å². The monoisotopic (exact) mass is 386 g/mol. The topological polar surface area (TPSA) is 74.2 Å². The molecule has 150 valence electrons. The van der Waals surface area contributed by atoms with Crippen LogP contribution in [0.15, 0.2) is 66.7 Å². The second-order valence-electron chi connectivity index (χ2n) is 5.94. The first kappa shape index (κ1) is 21.5. The van der Waals surface area contributed by atoms with Crippen LogP contribution in [-0.2, 0) is 20.9 Å². The second-order valence-corrected chi connectivity index (χ2v) is 5.94. The molecule has 2 rings (SSSR count). The lowest BCUT2D eigenvalue weighted by Crippen LogP contribution is -2.34. The van der Waals surface area contributed by atoms with Crippen LogP contribution in [0.4, 0.5) is 0 Å². The van der Waals surface area contributed by atoms with Gasteiger partial charge in [0.1, 0.15) is 23.7 Å². The molecule has 0 spiro atoms. The van der Waals surface area contributed by atoms with Crippen molar-refractivity contribution in [2.24, 2.45) is 0 Å². The molecule has 0 heterocycles. The van der Waals surface area contributed by atoms with Crippen LogP contribution in [0, 0.1) is 0 Å². The number of carbonyl (C=O) groups is 1. The Hall–Kier alpha value is -2.83. The van der Waals surface area contributed by atoms with E-state index in [4.69, 9.17) is 18.9 Å². The third-order valence-electron chi connectivity index (χ3n) is 3.82. The zero-order valence-corrected chi connectivity index (χ0v) is 16.1. The Bertz CT molecular complexity index is 726. The molecule has 0 amide bonds. The molecule has 0 aliphatic heterocycles. The number of methoxy groups -OCH3 is 1. The average molecular weight is 386 g/mol. The minimum atomic E-state index is -0.975. The lowest BCUT2D eigenvalue weighted by atomic mass is 10.2. The zero-order chi connectivity index (χ0) is 20.2. The number of hydrogen-bond acceptors (Lipinski definition) is 6. The molecule has 0 bridgehead atoms. The fourth-order valence-electron chi connectivity index (χ4n) is 2.39. The molecular weight excluding hydrogens is 360 g/mol. The Labute approximate surface area is 165 Å². The van der Waals surface area contributed by atoms with Crippen LogP contribution in [0.2, 0.25) is 0 Å². The number of hydrogen-bond donors (Lipinski definition) is 1. The van der Waals surface area contributed by atoms with E-state index in [0.717, 1.165) is 5.56 Å². The summed E-state index contributed by atoms with van der Waals surface area (Å²) in [5, 5.41) is 10.5. The SMILES string of the molecule is CCOC(=O)/C=C/[C@H](Oc1ccc(OC)cc1)[C@@H](O)COCc1ccccc1. The van der Waals surface area contributed by atoms with Gasteiger partial charge in [-0.25, -0.2) is 4.79 Å². The Morgan fingerprint density at radius 3 is 2.39 bits per heavy atom. The van der Waals surface area contributed by atoms with E-state index >= 15 is 0 Å². The molecule has 0 aliphatic carbocycles. The third kappa shape index (κ3) is 7.42. The zero-order valence-electron chi connectivity index (χ0n) is 16.1. The van der Waals surface area contributed by atoms with E-state index in [-0.39, 0.29) is 13.2 Å². The Balaban J connectivity index is 1.99. The highest BCUT2D eigenvalue weighted by molar-refractivity contribution is 5.81. The lowest BCUT2D eigenvalue weighted by molar-refractivity contribution is -0.137. The highest BCUT2D eigenvalue weighted by Gasteiger charge is 2.19. The van der Waals surface area contributed by atoms with Gasteiger partial charge in [0.2, 0.25) is 0 Å². The molecular formula is C22H26O6. The van der Waals surface area contributed by atoms with Gasteiger partial charge in [-0.1, -0.05) is 30.3 Å². The Morgan fingerprint density at radius 1 is 1.07 bits per heavy atom. The van der Waals surface area contributed by atoms with Gasteiger partial charge in [0.05, 0.1) is 26.9 Å². The molecule has 0 aromatic heterocycles. The van der Waals surface area contributed by atoms with Crippen LogP contribution in [0.5, 0.6) is 11.5 Å². The van der Waals surface area contributed by atoms with E-state index in [1.807, 2.05) is 30.3 Å². The Kier molecular flexibility index (Phi) is 9.04. The number of esters is 1. The van der Waals surface area contributed by atoms with Gasteiger partial charge >= 0.3 is 5.97 Å². The van der Waals surface area contributed by atoms with Crippen molar-refractivity contribution in [3.8, 4) is 11.5 Å². The predicted molar refractivity (Wildman–Crippen MR) is 105 cm³/mol. The summed E-state index contributed by atoms with van der Waals surface area (Å²) in [6.07, 6.45) is 0.960. The van der Waals surface area contributed by atoms with E-state index in [1.54, 1.807) is 38.3 Å². The van der Waals surface area contributed by atoms with Crippen molar-refractivity contribution in [1.82, 2.24) is 0 Å². The molecule has 0 unspecified atom stereocenters. The molecule has 28 heavy (non-hydrogen) atoms. The third-order valence-corrected chi connectivity index (χ3v) is 3.82. The maximum atomic E-state index is 11.6. The maximum Gasteiger partial charge on any atom is 0.330 e. The van der Waals surface area contributed by atoms with Crippen LogP contribution < -0.4 is 9.47 Å². The first-order chi connectivity index (χ1) is 13.6. The Morgan fingerprint density at radius 2 is 1.75 bits per heavy atom. The van der Waals surface area contributed by atoms with Crippen LogP contribution in [0.1, 0.15) is 12.5 Å². The van der Waals surface area contributed by atoms with Crippen molar-refractivity contribution in [3.05, 3.63) is 72.3 Å². The van der Waals surface area contributed by atoms with Crippen molar-refractivity contribution in [1.29, 1.82) is 0 Å². The standard InChI is InChI=1S/C22H26O6/c1-3-27-22(24)14-13-21(28-19-11-9-18(25-2)10-12-19)20(23)16-26-15-17-7-5-4-6-8-17/h4-14,20-21,23H,3,15-16H2,1-2H3/b14-13+/t20-,21-/m0/s1. The number of rotatable bonds is 11. The van der Waals surface area contributed by atoms with Gasteiger partial charge in [-0.3, -0.25) is 0 Å². The highest BCUT2D eigenvalue weighted by Crippen LogP contribution is 2.19. The maximum absolute atomic E-state index is 11.6. The second kappa shape index (κ2) is 11.8. The lowest BCUT2D eigenvalue weighted by Gasteiger charge is -2.21. The largest absolute Gasteiger partial charge is 0.497 e. The van der Waals surface area contributed by atoms with Crippen molar-refractivity contribution >= 4 is 5.97 Å². The number of ether oxygens (including phenoxy) is 4.